The number of nitrogens with two attached hydrogens (primary N) is 7. The Morgan fingerprint density at radius 3 is 1.36 bits per heavy atom. The molecule has 0 aliphatic rings. The summed E-state index contributed by atoms with van der Waals surface area (Å²) < 4.78 is 1.41. The molecule has 1 aromatic carbocycles. The Bertz CT molecular complexity index is 4120. The first-order chi connectivity index (χ1) is 58.9. The summed E-state index contributed by atoms with van der Waals surface area (Å²) in [7, 11) is 0. The molecule has 0 unspecified atom stereocenters. The van der Waals surface area contributed by atoms with Gasteiger partial charge in [-0.05, 0) is 114 Å². The molecule has 13 amide bonds. The number of hydrogen-bond acceptors (Lipinski definition) is 26. The molecule has 686 valence electrons. The Hall–Kier alpha value is -13.7. The average molecular weight is 1750 g/mol. The van der Waals surface area contributed by atoms with Crippen LogP contribution in [0.1, 0.15) is 135 Å². The van der Waals surface area contributed by atoms with Gasteiger partial charge in [0, 0.05) is 65.6 Å². The van der Waals surface area contributed by atoms with Gasteiger partial charge in [-0.2, -0.15) is 0 Å². The zero-order valence-corrected chi connectivity index (χ0v) is 69.7. The van der Waals surface area contributed by atoms with Crippen LogP contribution in [-0.4, -0.2) is 279 Å². The van der Waals surface area contributed by atoms with Crippen molar-refractivity contribution >= 4 is 136 Å². The van der Waals surface area contributed by atoms with E-state index in [2.05, 4.69) is 100 Å². The van der Waals surface area contributed by atoms with Crippen LogP contribution in [0.25, 0.3) is 11.2 Å². The Morgan fingerprint density at radius 2 is 0.911 bits per heavy atom. The molecular weight excluding hydrogens is 1630 g/mol. The number of unbranched alkanes of at least 4 members (excludes halogenated alkanes) is 2. The third-order valence-electron chi connectivity index (χ3n) is 18.6. The van der Waals surface area contributed by atoms with E-state index in [9.17, 15) is 77.3 Å². The van der Waals surface area contributed by atoms with E-state index in [1.54, 1.807) is 30.3 Å². The van der Waals surface area contributed by atoms with Gasteiger partial charge >= 0.3 is 11.9 Å². The molecule has 2 aromatic heterocycles. The number of nitrogens with zero attached hydrogens (tertiary/aromatic N) is 5. The highest BCUT2D eigenvalue weighted by molar-refractivity contribution is 5.99. The van der Waals surface area contributed by atoms with Crippen LogP contribution < -0.4 is 125 Å². The van der Waals surface area contributed by atoms with Gasteiger partial charge in [-0.3, -0.25) is 93.6 Å². The van der Waals surface area contributed by atoms with Gasteiger partial charge in [-0.25, -0.2) is 15.0 Å². The molecule has 0 saturated carbocycles. The van der Waals surface area contributed by atoms with Crippen LogP contribution >= 0.6 is 0 Å². The summed E-state index contributed by atoms with van der Waals surface area (Å²) in [5, 5.41) is 90.6. The van der Waals surface area contributed by atoms with E-state index in [1.165, 1.54) is 42.9 Å². The maximum atomic E-state index is 15.1. The molecule has 3 rings (SSSR count). The fourth-order valence-corrected chi connectivity index (χ4v) is 12.3. The number of carbonyl (C=O) groups excluding carboxylic acids is 14. The van der Waals surface area contributed by atoms with E-state index in [1.807, 2.05) is 0 Å². The smallest absolute Gasteiger partial charge is 0.305 e. The van der Waals surface area contributed by atoms with Crippen LogP contribution in [-0.2, 0) is 89.7 Å². The summed E-state index contributed by atoms with van der Waals surface area (Å²) in [6.45, 7) is 2.37. The lowest BCUT2D eigenvalue weighted by atomic mass is 10.0. The predicted molar refractivity (Wildman–Crippen MR) is 450 cm³/mol. The van der Waals surface area contributed by atoms with Gasteiger partial charge in [0.25, 0.3) is 0 Å². The molecule has 10 atom stereocenters. The molecule has 0 aliphatic carbocycles. The molecule has 50 heteroatoms. The SMILES string of the molecule is CC(=O)N[C@@H](CCCCN)C(=O)N[C@@H](Cc1ccccc1)C(=O)N[C@@H](CCCNC(=N)N)C(=O)N[C@@H](CCCNC(=N)N)C(=O)N[C@@H](CCCCNC(=O)CN(CCN)C(=O)Cn1cnc2c(N)ncnc21)C(=O)N[C@@H](CCCNC(=N)N)C(=O)NCC(=O)N[C@@H](CCCNC(=N)N)C(=O)N[C@@H](CCC(=O)O)C(=O)N[C@H](C(=O)N[C@H](C=O)CC(=O)O)C(C)C. The standard InChI is InChI=1S/C74H122N32O18/c1-41(2)58(70(124)96-44(38-107)34-57(114)115)104-68(122)51(23-24-56(112)113)102-64(118)47(20-12-29-88-72(80)81)97-53(109)35-91-62(116)45(19-11-28-87-71(78)79)98-65(119)48(18-8-10-27-86-54(110)36-105(32-26-76)55(111)37-106-40-94-59-60(77)92-39-93-61(59)106)99-66(120)49(21-13-30-89-73(82)83)100-67(121)50(22-14-31-90-74(84)85)101-69(123)52(33-43-15-5-4-6-16-43)103-63(117)46(95-42(3)108)17-7-9-25-75/h4-6,15-16,38-41,44-52,58H,7-14,17-37,75-76H2,1-3H3,(H,86,110)(H,91,116)(H,95,108)(H,96,124)(H,97,109)(H,98,119)(H,99,120)(H,100,121)(H,101,123)(H,102,118)(H,103,117)(H,104,122)(H,112,113)(H,114,115)(H2,77,92,93)(H4,78,79,87)(H4,80,81,88)(H4,82,83,89)(H4,84,85,90)/t44-,45-,46-,47-,48-,49-,50-,51-,52-,58-/m0/s1. The zero-order chi connectivity index (χ0) is 92.4. The lowest BCUT2D eigenvalue weighted by Gasteiger charge is -2.28. The molecule has 0 bridgehead atoms. The summed E-state index contributed by atoms with van der Waals surface area (Å²) >= 11 is 0. The number of carbonyl (C=O) groups is 16. The van der Waals surface area contributed by atoms with Crippen molar-refractivity contribution in [2.75, 3.05) is 71.2 Å². The maximum Gasteiger partial charge on any atom is 0.305 e. The third kappa shape index (κ3) is 41.5. The number of hydrogen-bond donors (Lipinski definition) is 29. The van der Waals surface area contributed by atoms with Crippen molar-refractivity contribution in [1.82, 2.24) is 109 Å². The Morgan fingerprint density at radius 1 is 0.476 bits per heavy atom. The minimum Gasteiger partial charge on any atom is -0.481 e. The fraction of sp³-hybridized carbons (Fsp3) is 0.581. The number of guanidine groups is 4. The lowest BCUT2D eigenvalue weighted by molar-refractivity contribution is -0.140. The molecular formula is C74H122N32O18. The molecule has 0 radical (unpaired) electrons. The van der Waals surface area contributed by atoms with Gasteiger partial charge in [0.1, 0.15) is 79.1 Å². The maximum absolute atomic E-state index is 15.1. The summed E-state index contributed by atoms with van der Waals surface area (Å²) in [4.78, 5) is 232. The summed E-state index contributed by atoms with van der Waals surface area (Å²) in [5.41, 5.74) is 40.8. The van der Waals surface area contributed by atoms with E-state index >= 15 is 9.59 Å². The van der Waals surface area contributed by atoms with Gasteiger partial charge < -0.3 is 150 Å². The number of aliphatic carboxylic acids is 2. The molecule has 0 saturated heterocycles. The molecule has 2 heterocycles. The molecule has 3 aromatic rings. The number of aldehydes is 1. The number of nitrogen functional groups attached to an aromatic ring is 1. The highest BCUT2D eigenvalue weighted by Gasteiger charge is 2.37. The first-order valence-corrected chi connectivity index (χ1v) is 40.2. The molecule has 124 heavy (non-hydrogen) atoms. The number of rotatable bonds is 61. The minimum absolute atomic E-state index is 0.00535. The van der Waals surface area contributed by atoms with Gasteiger partial charge in [-0.1, -0.05) is 44.2 Å². The van der Waals surface area contributed by atoms with Gasteiger partial charge in [-0.15, -0.1) is 0 Å². The number of fused-ring (bicyclic) bond motifs is 1. The van der Waals surface area contributed by atoms with E-state index in [0.29, 0.717) is 24.9 Å². The van der Waals surface area contributed by atoms with Crippen molar-refractivity contribution in [3.8, 4) is 0 Å². The molecule has 0 spiro atoms. The number of amides is 13. The molecule has 36 N–H and O–H groups in total. The normalized spacial score (nSPS) is 13.3. The Balaban J connectivity index is 2.13. The van der Waals surface area contributed by atoms with Crippen molar-refractivity contribution in [2.45, 2.75) is 203 Å². The van der Waals surface area contributed by atoms with Crippen molar-refractivity contribution < 1.29 is 86.9 Å². The highest BCUT2D eigenvalue weighted by atomic mass is 16.4. The van der Waals surface area contributed by atoms with E-state index in [0.717, 1.165) is 0 Å². The first kappa shape index (κ1) is 104. The molecule has 0 fully saturated rings. The second-order valence-corrected chi connectivity index (χ2v) is 29.1. The largest absolute Gasteiger partial charge is 0.481 e. The van der Waals surface area contributed by atoms with Crippen molar-refractivity contribution in [1.29, 1.82) is 21.6 Å². The monoisotopic (exact) mass is 1750 g/mol. The summed E-state index contributed by atoms with van der Waals surface area (Å²) in [5.74, 6) is -17.1. The topological polar surface area (TPSA) is 830 Å². The first-order valence-electron chi connectivity index (χ1n) is 40.2. The summed E-state index contributed by atoms with van der Waals surface area (Å²) in [6.07, 6.45) is 0.200. The van der Waals surface area contributed by atoms with E-state index in [4.69, 9.17) is 61.8 Å². The van der Waals surface area contributed by atoms with Crippen LogP contribution in [0.4, 0.5) is 5.82 Å². The number of nitrogens with one attached hydrogen (secondary N) is 20. The fourth-order valence-electron chi connectivity index (χ4n) is 12.3. The van der Waals surface area contributed by atoms with Gasteiger partial charge in [0.15, 0.2) is 35.3 Å². The zero-order valence-electron chi connectivity index (χ0n) is 69.7. The number of carboxylic acids is 2. The Kier molecular flexibility index (Phi) is 47.8. The average Bonchev–Trinajstić information content (AvgIpc) is 1.66. The lowest BCUT2D eigenvalue weighted by Crippen LogP contribution is -2.60. The number of benzene rings is 1. The van der Waals surface area contributed by atoms with Crippen molar-refractivity contribution in [3.63, 3.8) is 0 Å². The second kappa shape index (κ2) is 56.7. The van der Waals surface area contributed by atoms with Crippen LogP contribution in [0.2, 0.25) is 0 Å². The van der Waals surface area contributed by atoms with Gasteiger partial charge in [0.05, 0.1) is 31.9 Å². The minimum atomic E-state index is -1.74. The molecule has 0 aliphatic heterocycles. The van der Waals surface area contributed by atoms with Crippen LogP contribution in [0.3, 0.4) is 0 Å². The van der Waals surface area contributed by atoms with Crippen molar-refractivity contribution in [2.24, 2.45) is 40.3 Å². The number of imidazole rings is 1. The van der Waals surface area contributed by atoms with Crippen LogP contribution in [0, 0.1) is 27.6 Å². The summed E-state index contributed by atoms with van der Waals surface area (Å²) in [6, 6.07) is -6.83. The number of aromatic nitrogens is 4. The van der Waals surface area contributed by atoms with E-state index < -0.39 is 211 Å². The van der Waals surface area contributed by atoms with Gasteiger partial charge in [0.2, 0.25) is 76.8 Å². The van der Waals surface area contributed by atoms with E-state index in [-0.39, 0.29) is 159 Å². The second-order valence-electron chi connectivity index (χ2n) is 29.1. The van der Waals surface area contributed by atoms with Crippen LogP contribution in [0.15, 0.2) is 43.0 Å². The quantitative estimate of drug-likeness (QED) is 0.0108. The highest BCUT2D eigenvalue weighted by Crippen LogP contribution is 2.17. The van der Waals surface area contributed by atoms with Crippen LogP contribution in [0.5, 0.6) is 0 Å². The molecule has 50 nitrogen and oxygen atoms in total. The van der Waals surface area contributed by atoms with Crippen molar-refractivity contribution in [3.05, 3.63) is 48.5 Å². The third-order valence-corrected chi connectivity index (χ3v) is 18.6. The number of carboxylic acid groups (broad SMARTS) is 2. The Labute approximate surface area is 714 Å². The predicted octanol–water partition coefficient (Wildman–Crippen LogP) is -8.91. The number of anilines is 1.